The van der Waals surface area contributed by atoms with Crippen molar-refractivity contribution in [3.8, 4) is 0 Å². The van der Waals surface area contributed by atoms with Crippen LogP contribution in [0.1, 0.15) is 65.1 Å². The van der Waals surface area contributed by atoms with Crippen LogP contribution < -0.4 is 5.32 Å². The molecule has 0 radical (unpaired) electrons. The molecule has 0 bridgehead atoms. The maximum absolute atomic E-state index is 10.4. The zero-order valence-electron chi connectivity index (χ0n) is 14.6. The molecule has 2 unspecified atom stereocenters. The van der Waals surface area contributed by atoms with Gasteiger partial charge in [-0.05, 0) is 49.7 Å². The Morgan fingerprint density at radius 1 is 1.00 bits per heavy atom. The molecule has 1 aromatic rings. The van der Waals surface area contributed by atoms with E-state index in [2.05, 4.69) is 64.2 Å². The third kappa shape index (κ3) is 7.10. The van der Waals surface area contributed by atoms with Crippen LogP contribution >= 0.6 is 0 Å². The minimum absolute atomic E-state index is 0.261. The van der Waals surface area contributed by atoms with E-state index in [-0.39, 0.29) is 6.04 Å². The van der Waals surface area contributed by atoms with Crippen molar-refractivity contribution in [1.29, 1.82) is 0 Å². The lowest BCUT2D eigenvalue weighted by Gasteiger charge is -2.28. The van der Waals surface area contributed by atoms with Gasteiger partial charge < -0.3 is 10.4 Å². The van der Waals surface area contributed by atoms with Gasteiger partial charge in [0, 0.05) is 12.6 Å². The van der Waals surface area contributed by atoms with Crippen LogP contribution in [-0.2, 0) is 6.42 Å². The Kier molecular flexibility index (Phi) is 6.89. The summed E-state index contributed by atoms with van der Waals surface area (Å²) in [4.78, 5) is 0. The third-order valence-corrected chi connectivity index (χ3v) is 3.76. The third-order valence-electron chi connectivity index (χ3n) is 3.76. The number of benzene rings is 1. The minimum Gasteiger partial charge on any atom is -0.389 e. The summed E-state index contributed by atoms with van der Waals surface area (Å²) in [5.41, 5.74) is 2.04. The smallest absolute Gasteiger partial charge is 0.0746 e. The van der Waals surface area contributed by atoms with Crippen LogP contribution in [0.15, 0.2) is 24.3 Å². The average molecular weight is 291 g/mol. The molecule has 0 saturated heterocycles. The van der Waals surface area contributed by atoms with E-state index in [1.807, 2.05) is 6.92 Å². The van der Waals surface area contributed by atoms with Crippen molar-refractivity contribution in [2.45, 2.75) is 66.0 Å². The molecule has 0 aliphatic carbocycles. The molecule has 21 heavy (non-hydrogen) atoms. The maximum Gasteiger partial charge on any atom is 0.0746 e. The molecule has 0 aromatic heterocycles. The van der Waals surface area contributed by atoms with Crippen LogP contribution in [0.25, 0.3) is 0 Å². The second kappa shape index (κ2) is 7.95. The van der Waals surface area contributed by atoms with Crippen LogP contribution in [0, 0.1) is 11.8 Å². The highest BCUT2D eigenvalue weighted by molar-refractivity contribution is 5.25. The molecule has 0 heterocycles. The molecule has 2 nitrogen and oxygen atoms in total. The van der Waals surface area contributed by atoms with Gasteiger partial charge in [-0.3, -0.25) is 0 Å². The standard InChI is InChI=1S/C19H33NO/c1-14(2)11-17-7-9-18(10-8-17)16(5)20-13-19(6,21)12-15(3)4/h7-10,14-16,20-21H,11-13H2,1-6H3. The highest BCUT2D eigenvalue weighted by Gasteiger charge is 2.22. The summed E-state index contributed by atoms with van der Waals surface area (Å²) in [5, 5.41) is 13.8. The van der Waals surface area contributed by atoms with Gasteiger partial charge in [-0.15, -0.1) is 0 Å². The Bertz CT molecular complexity index is 406. The molecule has 0 aliphatic rings. The van der Waals surface area contributed by atoms with Gasteiger partial charge in [-0.2, -0.15) is 0 Å². The van der Waals surface area contributed by atoms with Gasteiger partial charge in [0.2, 0.25) is 0 Å². The van der Waals surface area contributed by atoms with Gasteiger partial charge in [0.05, 0.1) is 5.60 Å². The van der Waals surface area contributed by atoms with Crippen molar-refractivity contribution in [3.63, 3.8) is 0 Å². The highest BCUT2D eigenvalue weighted by Crippen LogP contribution is 2.19. The van der Waals surface area contributed by atoms with E-state index in [9.17, 15) is 5.11 Å². The summed E-state index contributed by atoms with van der Waals surface area (Å²) in [6, 6.07) is 9.11. The van der Waals surface area contributed by atoms with E-state index in [4.69, 9.17) is 0 Å². The predicted molar refractivity (Wildman–Crippen MR) is 91.5 cm³/mol. The Labute approximate surface area is 131 Å². The molecule has 0 aliphatic heterocycles. The molecule has 0 saturated carbocycles. The van der Waals surface area contributed by atoms with Crippen LogP contribution in [0.2, 0.25) is 0 Å². The van der Waals surface area contributed by atoms with Crippen molar-refractivity contribution in [2.24, 2.45) is 11.8 Å². The van der Waals surface area contributed by atoms with Crippen molar-refractivity contribution in [1.82, 2.24) is 5.32 Å². The quantitative estimate of drug-likeness (QED) is 0.747. The lowest BCUT2D eigenvalue weighted by Crippen LogP contribution is -2.39. The maximum atomic E-state index is 10.4. The molecular formula is C19H33NO. The summed E-state index contributed by atoms with van der Waals surface area (Å²) in [6.07, 6.45) is 1.95. The van der Waals surface area contributed by atoms with Crippen LogP contribution in [-0.4, -0.2) is 17.3 Å². The first kappa shape index (κ1) is 18.2. The topological polar surface area (TPSA) is 32.3 Å². The fraction of sp³-hybridized carbons (Fsp3) is 0.684. The van der Waals surface area contributed by atoms with E-state index >= 15 is 0 Å². The van der Waals surface area contributed by atoms with Gasteiger partial charge in [-0.1, -0.05) is 52.0 Å². The Morgan fingerprint density at radius 3 is 2.05 bits per heavy atom. The largest absolute Gasteiger partial charge is 0.389 e. The first-order valence-corrected chi connectivity index (χ1v) is 8.24. The van der Waals surface area contributed by atoms with E-state index in [1.165, 1.54) is 11.1 Å². The molecule has 1 rings (SSSR count). The molecular weight excluding hydrogens is 258 g/mol. The van der Waals surface area contributed by atoms with Gasteiger partial charge >= 0.3 is 0 Å². The van der Waals surface area contributed by atoms with Crippen molar-refractivity contribution < 1.29 is 5.11 Å². The molecule has 2 heteroatoms. The lowest BCUT2D eigenvalue weighted by molar-refractivity contribution is 0.0363. The molecule has 120 valence electrons. The van der Waals surface area contributed by atoms with Crippen molar-refractivity contribution in [3.05, 3.63) is 35.4 Å². The van der Waals surface area contributed by atoms with Crippen molar-refractivity contribution in [2.75, 3.05) is 6.54 Å². The zero-order chi connectivity index (χ0) is 16.0. The fourth-order valence-electron chi connectivity index (χ4n) is 2.86. The molecule has 0 fully saturated rings. The average Bonchev–Trinajstić information content (AvgIpc) is 2.34. The second-order valence-electron chi connectivity index (χ2n) is 7.54. The number of aliphatic hydroxyl groups is 1. The molecule has 2 atom stereocenters. The Hall–Kier alpha value is -0.860. The number of hydrogen-bond donors (Lipinski definition) is 2. The normalized spacial score (nSPS) is 16.2. The number of nitrogens with one attached hydrogen (secondary N) is 1. The van der Waals surface area contributed by atoms with Gasteiger partial charge in [-0.25, -0.2) is 0 Å². The molecule has 0 amide bonds. The minimum atomic E-state index is -0.639. The summed E-state index contributed by atoms with van der Waals surface area (Å²) in [5.74, 6) is 1.20. The second-order valence-corrected chi connectivity index (χ2v) is 7.54. The highest BCUT2D eigenvalue weighted by atomic mass is 16.3. The number of hydrogen-bond acceptors (Lipinski definition) is 2. The summed E-state index contributed by atoms with van der Waals surface area (Å²) < 4.78 is 0. The lowest BCUT2D eigenvalue weighted by atomic mass is 9.93. The number of rotatable bonds is 8. The first-order valence-electron chi connectivity index (χ1n) is 8.24. The Balaban J connectivity index is 2.53. The molecule has 0 spiro atoms. The first-order chi connectivity index (χ1) is 9.69. The van der Waals surface area contributed by atoms with Crippen LogP contribution in [0.4, 0.5) is 0 Å². The molecule has 2 N–H and O–H groups in total. The fourth-order valence-corrected chi connectivity index (χ4v) is 2.86. The Morgan fingerprint density at radius 2 is 1.57 bits per heavy atom. The van der Waals surface area contributed by atoms with E-state index in [1.54, 1.807) is 0 Å². The summed E-state index contributed by atoms with van der Waals surface area (Å²) >= 11 is 0. The van der Waals surface area contributed by atoms with Gasteiger partial charge in [0.25, 0.3) is 0 Å². The van der Waals surface area contributed by atoms with E-state index < -0.39 is 5.60 Å². The van der Waals surface area contributed by atoms with E-state index in [0.29, 0.717) is 18.4 Å². The predicted octanol–water partition coefficient (Wildman–Crippen LogP) is 4.33. The summed E-state index contributed by atoms with van der Waals surface area (Å²) in [7, 11) is 0. The van der Waals surface area contributed by atoms with Crippen LogP contribution in [0.5, 0.6) is 0 Å². The molecule has 1 aromatic carbocycles. The zero-order valence-corrected chi connectivity index (χ0v) is 14.6. The van der Waals surface area contributed by atoms with Gasteiger partial charge in [0.1, 0.15) is 0 Å². The van der Waals surface area contributed by atoms with Gasteiger partial charge in [0.15, 0.2) is 0 Å². The SMILES string of the molecule is CC(C)Cc1ccc(C(C)NCC(C)(O)CC(C)C)cc1. The summed E-state index contributed by atoms with van der Waals surface area (Å²) in [6.45, 7) is 13.5. The van der Waals surface area contributed by atoms with E-state index in [0.717, 1.165) is 12.8 Å². The van der Waals surface area contributed by atoms with Crippen LogP contribution in [0.3, 0.4) is 0 Å². The van der Waals surface area contributed by atoms with Crippen molar-refractivity contribution >= 4 is 0 Å². The monoisotopic (exact) mass is 291 g/mol.